The maximum atomic E-state index is 4.51. The van der Waals surface area contributed by atoms with E-state index in [0.29, 0.717) is 0 Å². The molecule has 0 fully saturated rings. The van der Waals surface area contributed by atoms with Gasteiger partial charge in [-0.25, -0.2) is 0 Å². The van der Waals surface area contributed by atoms with Crippen LogP contribution in [-0.2, 0) is 0 Å². The number of hydrogen-bond donors (Lipinski definition) is 0. The Labute approximate surface area is 106 Å². The summed E-state index contributed by atoms with van der Waals surface area (Å²) in [6.45, 7) is 2.03. The van der Waals surface area contributed by atoms with Gasteiger partial charge in [0, 0.05) is 10.0 Å². The minimum Gasteiger partial charge on any atom is -0.200 e. The highest BCUT2D eigenvalue weighted by Gasteiger charge is 2.06. The Morgan fingerprint density at radius 3 is 2.71 bits per heavy atom. The van der Waals surface area contributed by atoms with Crippen molar-refractivity contribution >= 4 is 21.6 Å². The van der Waals surface area contributed by atoms with Crippen molar-refractivity contribution in [3.05, 3.63) is 46.7 Å². The molecule has 0 unspecified atom stereocenters. The van der Waals surface area contributed by atoms with Gasteiger partial charge in [-0.2, -0.15) is 9.61 Å². The van der Waals surface area contributed by atoms with Gasteiger partial charge >= 0.3 is 0 Å². The zero-order chi connectivity index (χ0) is 11.8. The molecular weight excluding hydrogens is 280 g/mol. The molecule has 1 aromatic carbocycles. The van der Waals surface area contributed by atoms with Crippen molar-refractivity contribution in [3.8, 4) is 11.3 Å². The predicted molar refractivity (Wildman–Crippen MR) is 68.7 cm³/mol. The van der Waals surface area contributed by atoms with E-state index in [9.17, 15) is 0 Å². The number of benzene rings is 1. The standard InChI is InChI=1S/C12H9BrN4/c1-8-6-11-15-14-7-17(11)16-12(8)9-2-4-10(13)5-3-9/h2-7H,1H3. The van der Waals surface area contributed by atoms with E-state index < -0.39 is 0 Å². The molecule has 0 saturated heterocycles. The van der Waals surface area contributed by atoms with Crippen LogP contribution in [0.25, 0.3) is 16.9 Å². The Morgan fingerprint density at radius 1 is 1.18 bits per heavy atom. The molecule has 0 aliphatic rings. The second kappa shape index (κ2) is 3.92. The minimum atomic E-state index is 0.767. The van der Waals surface area contributed by atoms with E-state index in [1.807, 2.05) is 37.3 Å². The van der Waals surface area contributed by atoms with Gasteiger partial charge in [0.05, 0.1) is 5.69 Å². The molecule has 0 N–H and O–H groups in total. The fraction of sp³-hybridized carbons (Fsp3) is 0.0833. The van der Waals surface area contributed by atoms with Crippen LogP contribution >= 0.6 is 15.9 Å². The fourth-order valence-electron chi connectivity index (χ4n) is 1.75. The van der Waals surface area contributed by atoms with Crippen LogP contribution in [0.4, 0.5) is 0 Å². The van der Waals surface area contributed by atoms with Crippen molar-refractivity contribution < 1.29 is 0 Å². The molecule has 0 atom stereocenters. The molecule has 0 radical (unpaired) electrons. The van der Waals surface area contributed by atoms with Crippen molar-refractivity contribution in [1.82, 2.24) is 19.8 Å². The molecule has 17 heavy (non-hydrogen) atoms. The molecule has 0 saturated carbocycles. The van der Waals surface area contributed by atoms with Crippen LogP contribution < -0.4 is 0 Å². The van der Waals surface area contributed by atoms with Gasteiger partial charge in [0.15, 0.2) is 5.65 Å². The first kappa shape index (κ1) is 10.4. The highest BCUT2D eigenvalue weighted by atomic mass is 79.9. The maximum absolute atomic E-state index is 4.51. The van der Waals surface area contributed by atoms with Crippen LogP contribution in [0.3, 0.4) is 0 Å². The molecule has 3 rings (SSSR count). The van der Waals surface area contributed by atoms with Gasteiger partial charge in [0.25, 0.3) is 0 Å². The molecule has 2 heterocycles. The van der Waals surface area contributed by atoms with E-state index in [2.05, 4.69) is 31.2 Å². The summed E-state index contributed by atoms with van der Waals surface area (Å²) in [6, 6.07) is 10.1. The van der Waals surface area contributed by atoms with E-state index >= 15 is 0 Å². The van der Waals surface area contributed by atoms with E-state index in [-0.39, 0.29) is 0 Å². The van der Waals surface area contributed by atoms with Crippen LogP contribution in [-0.4, -0.2) is 19.8 Å². The zero-order valence-corrected chi connectivity index (χ0v) is 10.7. The van der Waals surface area contributed by atoms with Crippen LogP contribution in [0.2, 0.25) is 0 Å². The Morgan fingerprint density at radius 2 is 1.94 bits per heavy atom. The van der Waals surface area contributed by atoms with Crippen molar-refractivity contribution in [2.45, 2.75) is 6.92 Å². The first-order chi connectivity index (χ1) is 8.24. The summed E-state index contributed by atoms with van der Waals surface area (Å²) in [6.07, 6.45) is 1.61. The molecule has 0 spiro atoms. The van der Waals surface area contributed by atoms with Gasteiger partial charge in [-0.3, -0.25) is 0 Å². The van der Waals surface area contributed by atoms with Gasteiger partial charge in [-0.05, 0) is 30.7 Å². The van der Waals surface area contributed by atoms with E-state index in [1.54, 1.807) is 10.8 Å². The first-order valence-corrected chi connectivity index (χ1v) is 5.97. The zero-order valence-electron chi connectivity index (χ0n) is 9.13. The van der Waals surface area contributed by atoms with Gasteiger partial charge < -0.3 is 0 Å². The summed E-state index contributed by atoms with van der Waals surface area (Å²) >= 11 is 3.42. The highest BCUT2D eigenvalue weighted by Crippen LogP contribution is 2.23. The number of aryl methyl sites for hydroxylation is 1. The molecular formula is C12H9BrN4. The Balaban J connectivity index is 2.21. The van der Waals surface area contributed by atoms with E-state index in [0.717, 1.165) is 26.9 Å². The normalized spacial score (nSPS) is 10.9. The van der Waals surface area contributed by atoms with E-state index in [4.69, 9.17) is 0 Å². The quantitative estimate of drug-likeness (QED) is 0.692. The van der Waals surface area contributed by atoms with Crippen LogP contribution in [0, 0.1) is 6.92 Å². The minimum absolute atomic E-state index is 0.767. The summed E-state index contributed by atoms with van der Waals surface area (Å²) in [5.74, 6) is 0. The van der Waals surface area contributed by atoms with Crippen LogP contribution in [0.5, 0.6) is 0 Å². The van der Waals surface area contributed by atoms with Gasteiger partial charge in [0.1, 0.15) is 6.33 Å². The average molecular weight is 289 g/mol. The Bertz CT molecular complexity index is 673. The van der Waals surface area contributed by atoms with Gasteiger partial charge in [-0.15, -0.1) is 10.2 Å². The number of nitrogens with zero attached hydrogens (tertiary/aromatic N) is 4. The van der Waals surface area contributed by atoms with Crippen LogP contribution in [0.1, 0.15) is 5.56 Å². The number of aromatic nitrogens is 4. The number of rotatable bonds is 1. The maximum Gasteiger partial charge on any atom is 0.177 e. The predicted octanol–water partition coefficient (Wildman–Crippen LogP) is 2.86. The Kier molecular flexibility index (Phi) is 2.40. The van der Waals surface area contributed by atoms with Gasteiger partial charge in [0.2, 0.25) is 0 Å². The third kappa shape index (κ3) is 1.82. The number of hydrogen-bond acceptors (Lipinski definition) is 3. The fourth-order valence-corrected chi connectivity index (χ4v) is 2.02. The summed E-state index contributed by atoms with van der Waals surface area (Å²) in [4.78, 5) is 0. The van der Waals surface area contributed by atoms with Crippen LogP contribution in [0.15, 0.2) is 41.1 Å². The summed E-state index contributed by atoms with van der Waals surface area (Å²) in [5, 5.41) is 12.3. The van der Waals surface area contributed by atoms with Crippen molar-refractivity contribution in [2.24, 2.45) is 0 Å². The second-order valence-corrected chi connectivity index (χ2v) is 4.73. The third-order valence-corrected chi connectivity index (χ3v) is 3.13. The Hall–Kier alpha value is -1.75. The summed E-state index contributed by atoms with van der Waals surface area (Å²) < 4.78 is 2.74. The van der Waals surface area contributed by atoms with E-state index in [1.165, 1.54) is 0 Å². The molecule has 0 aliphatic heterocycles. The number of fused-ring (bicyclic) bond motifs is 1. The number of halogens is 1. The lowest BCUT2D eigenvalue weighted by molar-refractivity contribution is 0.925. The molecule has 0 aliphatic carbocycles. The lowest BCUT2D eigenvalue weighted by Crippen LogP contribution is -1.96. The monoisotopic (exact) mass is 288 g/mol. The molecule has 84 valence electrons. The van der Waals surface area contributed by atoms with Gasteiger partial charge in [-0.1, -0.05) is 28.1 Å². The van der Waals surface area contributed by atoms with Crippen molar-refractivity contribution in [1.29, 1.82) is 0 Å². The summed E-state index contributed by atoms with van der Waals surface area (Å²) in [7, 11) is 0. The lowest BCUT2D eigenvalue weighted by Gasteiger charge is -2.05. The smallest absolute Gasteiger partial charge is 0.177 e. The third-order valence-electron chi connectivity index (χ3n) is 2.60. The second-order valence-electron chi connectivity index (χ2n) is 3.82. The molecule has 5 heteroatoms. The molecule has 2 aromatic heterocycles. The summed E-state index contributed by atoms with van der Waals surface area (Å²) in [5.41, 5.74) is 3.89. The lowest BCUT2D eigenvalue weighted by atomic mass is 10.1. The molecule has 0 amide bonds. The average Bonchev–Trinajstić information content (AvgIpc) is 2.76. The largest absolute Gasteiger partial charge is 0.200 e. The topological polar surface area (TPSA) is 43.1 Å². The first-order valence-electron chi connectivity index (χ1n) is 5.17. The van der Waals surface area contributed by atoms with Crippen molar-refractivity contribution in [2.75, 3.05) is 0 Å². The molecule has 4 nitrogen and oxygen atoms in total. The molecule has 0 bridgehead atoms. The highest BCUT2D eigenvalue weighted by molar-refractivity contribution is 9.10. The SMILES string of the molecule is Cc1cc2nncn2nc1-c1ccc(Br)cc1. The molecule has 3 aromatic rings. The van der Waals surface area contributed by atoms with Crippen molar-refractivity contribution in [3.63, 3.8) is 0 Å².